The number of nitrogens with zero attached hydrogens (tertiary/aromatic N) is 2. The molecular weight excluding hydrogens is 330 g/mol. The topological polar surface area (TPSA) is 74.7 Å². The van der Waals surface area contributed by atoms with Crippen LogP contribution in [0.3, 0.4) is 0 Å². The number of benzene rings is 1. The molecule has 1 aromatic carbocycles. The van der Waals surface area contributed by atoms with Crippen LogP contribution < -0.4 is 5.32 Å². The average molecular weight is 355 g/mol. The van der Waals surface area contributed by atoms with Crippen molar-refractivity contribution in [3.8, 4) is 5.75 Å². The van der Waals surface area contributed by atoms with Gasteiger partial charge in [-0.1, -0.05) is 18.2 Å². The maximum absolute atomic E-state index is 12.8. The van der Waals surface area contributed by atoms with Gasteiger partial charge in [-0.2, -0.15) is 0 Å². The van der Waals surface area contributed by atoms with Crippen molar-refractivity contribution in [1.82, 2.24) is 15.2 Å². The number of phenols is 1. The van der Waals surface area contributed by atoms with Gasteiger partial charge < -0.3 is 20.1 Å². The number of pyridine rings is 1. The number of ether oxygens (including phenoxy) is 1. The first-order valence-corrected chi connectivity index (χ1v) is 8.79. The number of amides is 2. The van der Waals surface area contributed by atoms with Crippen molar-refractivity contribution >= 4 is 6.03 Å². The van der Waals surface area contributed by atoms with Gasteiger partial charge in [0.25, 0.3) is 0 Å². The number of aromatic hydroxyl groups is 1. The van der Waals surface area contributed by atoms with Gasteiger partial charge in [-0.05, 0) is 42.2 Å². The highest BCUT2D eigenvalue weighted by Crippen LogP contribution is 2.45. The molecule has 0 unspecified atom stereocenters. The van der Waals surface area contributed by atoms with E-state index in [1.165, 1.54) is 0 Å². The molecule has 6 nitrogen and oxygen atoms in total. The van der Waals surface area contributed by atoms with Gasteiger partial charge in [-0.25, -0.2) is 4.79 Å². The second-order valence-corrected chi connectivity index (χ2v) is 6.98. The Morgan fingerprint density at radius 2 is 1.96 bits per heavy atom. The van der Waals surface area contributed by atoms with Gasteiger partial charge in [-0.3, -0.25) is 4.98 Å². The van der Waals surface area contributed by atoms with Crippen LogP contribution >= 0.6 is 0 Å². The second-order valence-electron chi connectivity index (χ2n) is 6.98. The monoisotopic (exact) mass is 355 g/mol. The first kappa shape index (κ1) is 18.2. The SMILES string of the molecule is COCC1(CNC(=O)N(Cc2ccc(O)cc2)Cc2cccnc2)CC1. The molecule has 0 saturated heterocycles. The first-order chi connectivity index (χ1) is 12.6. The predicted molar refractivity (Wildman–Crippen MR) is 98.5 cm³/mol. The third-order valence-corrected chi connectivity index (χ3v) is 4.72. The number of nitrogens with one attached hydrogen (secondary N) is 1. The van der Waals surface area contributed by atoms with Crippen molar-refractivity contribution in [3.05, 3.63) is 59.9 Å². The number of carbonyl (C=O) groups is 1. The van der Waals surface area contributed by atoms with E-state index in [-0.39, 0.29) is 17.2 Å². The van der Waals surface area contributed by atoms with Gasteiger partial charge in [-0.15, -0.1) is 0 Å². The molecule has 1 aromatic heterocycles. The van der Waals surface area contributed by atoms with Crippen molar-refractivity contribution in [2.75, 3.05) is 20.3 Å². The quantitative estimate of drug-likeness (QED) is 0.763. The van der Waals surface area contributed by atoms with Crippen molar-refractivity contribution in [3.63, 3.8) is 0 Å². The minimum absolute atomic E-state index is 0.100. The summed E-state index contributed by atoms with van der Waals surface area (Å²) in [6.07, 6.45) is 5.66. The maximum Gasteiger partial charge on any atom is 0.318 e. The largest absolute Gasteiger partial charge is 0.508 e. The molecule has 0 radical (unpaired) electrons. The summed E-state index contributed by atoms with van der Waals surface area (Å²) in [5.74, 6) is 0.215. The number of urea groups is 1. The highest BCUT2D eigenvalue weighted by molar-refractivity contribution is 5.74. The zero-order valence-corrected chi connectivity index (χ0v) is 15.0. The van der Waals surface area contributed by atoms with E-state index in [2.05, 4.69) is 10.3 Å². The minimum atomic E-state index is -0.107. The van der Waals surface area contributed by atoms with Gasteiger partial charge in [0.1, 0.15) is 5.75 Å². The number of hydrogen-bond acceptors (Lipinski definition) is 4. The number of methoxy groups -OCH3 is 1. The lowest BCUT2D eigenvalue weighted by Crippen LogP contribution is -2.42. The molecule has 2 N–H and O–H groups in total. The van der Waals surface area contributed by atoms with Crippen molar-refractivity contribution in [1.29, 1.82) is 0 Å². The fraction of sp³-hybridized carbons (Fsp3) is 0.400. The summed E-state index contributed by atoms with van der Waals surface area (Å²) in [7, 11) is 1.70. The van der Waals surface area contributed by atoms with Crippen LogP contribution in [0, 0.1) is 5.41 Å². The van der Waals surface area contributed by atoms with Gasteiger partial charge in [0.15, 0.2) is 0 Å². The Labute approximate surface area is 153 Å². The van der Waals surface area contributed by atoms with E-state index in [9.17, 15) is 9.90 Å². The number of aromatic nitrogens is 1. The zero-order valence-electron chi connectivity index (χ0n) is 15.0. The van der Waals surface area contributed by atoms with Crippen LogP contribution in [-0.2, 0) is 17.8 Å². The van der Waals surface area contributed by atoms with Crippen molar-refractivity contribution in [2.24, 2.45) is 5.41 Å². The summed E-state index contributed by atoms with van der Waals surface area (Å²) in [6.45, 7) is 2.22. The van der Waals surface area contributed by atoms with E-state index >= 15 is 0 Å². The maximum atomic E-state index is 12.8. The summed E-state index contributed by atoms with van der Waals surface area (Å²) in [4.78, 5) is 18.7. The Morgan fingerprint density at radius 1 is 1.23 bits per heavy atom. The van der Waals surface area contributed by atoms with Crippen LogP contribution in [0.1, 0.15) is 24.0 Å². The van der Waals surface area contributed by atoms with Crippen LogP contribution in [0.25, 0.3) is 0 Å². The third kappa shape index (κ3) is 4.95. The smallest absolute Gasteiger partial charge is 0.318 e. The molecule has 1 heterocycles. The lowest BCUT2D eigenvalue weighted by Gasteiger charge is -2.25. The van der Waals surface area contributed by atoms with E-state index < -0.39 is 0 Å². The summed E-state index contributed by atoms with van der Waals surface area (Å²) in [6, 6.07) is 10.6. The summed E-state index contributed by atoms with van der Waals surface area (Å²) >= 11 is 0. The molecule has 3 rings (SSSR count). The number of phenolic OH excluding ortho intramolecular Hbond substituents is 1. The van der Waals surface area contributed by atoms with Gasteiger partial charge in [0, 0.05) is 44.6 Å². The normalized spacial score (nSPS) is 14.7. The third-order valence-electron chi connectivity index (χ3n) is 4.72. The van der Waals surface area contributed by atoms with Crippen LogP contribution in [0.4, 0.5) is 4.79 Å². The molecule has 0 atom stereocenters. The molecule has 1 aliphatic carbocycles. The van der Waals surface area contributed by atoms with E-state index in [4.69, 9.17) is 4.74 Å². The van der Waals surface area contributed by atoms with Crippen molar-refractivity contribution < 1.29 is 14.6 Å². The fourth-order valence-electron chi connectivity index (χ4n) is 2.96. The van der Waals surface area contributed by atoms with Crippen LogP contribution in [0.15, 0.2) is 48.8 Å². The van der Waals surface area contributed by atoms with E-state index in [1.54, 1.807) is 36.5 Å². The fourth-order valence-corrected chi connectivity index (χ4v) is 2.96. The lowest BCUT2D eigenvalue weighted by molar-refractivity contribution is 0.137. The van der Waals surface area contributed by atoms with Crippen LogP contribution in [-0.4, -0.2) is 41.3 Å². The molecular formula is C20H25N3O3. The van der Waals surface area contributed by atoms with E-state index in [1.807, 2.05) is 24.3 Å². The Bertz CT molecular complexity index is 715. The molecule has 0 spiro atoms. The molecule has 2 amide bonds. The summed E-state index contributed by atoms with van der Waals surface area (Å²) < 4.78 is 5.27. The summed E-state index contributed by atoms with van der Waals surface area (Å²) in [5, 5.41) is 12.5. The molecule has 138 valence electrons. The van der Waals surface area contributed by atoms with Crippen LogP contribution in [0.5, 0.6) is 5.75 Å². The standard InChI is InChI=1S/C20H25N3O3/c1-26-15-20(8-9-20)14-22-19(25)23(13-17-3-2-10-21-11-17)12-16-4-6-18(24)7-5-16/h2-7,10-11,24H,8-9,12-15H2,1H3,(H,22,25). The summed E-state index contributed by atoms with van der Waals surface area (Å²) in [5.41, 5.74) is 2.03. The molecule has 0 aliphatic heterocycles. The Morgan fingerprint density at radius 3 is 2.58 bits per heavy atom. The van der Waals surface area contributed by atoms with E-state index in [0.717, 1.165) is 24.0 Å². The van der Waals surface area contributed by atoms with Gasteiger partial charge in [0.05, 0.1) is 6.61 Å². The number of hydrogen-bond donors (Lipinski definition) is 2. The van der Waals surface area contributed by atoms with Crippen molar-refractivity contribution in [2.45, 2.75) is 25.9 Å². The Kier molecular flexibility index (Phi) is 5.73. The number of rotatable bonds is 8. The number of carbonyl (C=O) groups excluding carboxylic acids is 1. The second kappa shape index (κ2) is 8.19. The highest BCUT2D eigenvalue weighted by Gasteiger charge is 2.43. The average Bonchev–Trinajstić information content (AvgIpc) is 3.42. The van der Waals surface area contributed by atoms with E-state index in [0.29, 0.717) is 26.2 Å². The highest BCUT2D eigenvalue weighted by atomic mass is 16.5. The molecule has 1 aliphatic rings. The lowest BCUT2D eigenvalue weighted by atomic mass is 10.1. The molecule has 6 heteroatoms. The van der Waals surface area contributed by atoms with Gasteiger partial charge >= 0.3 is 6.03 Å². The Hall–Kier alpha value is -2.60. The molecule has 0 bridgehead atoms. The minimum Gasteiger partial charge on any atom is -0.508 e. The van der Waals surface area contributed by atoms with Gasteiger partial charge in [0.2, 0.25) is 0 Å². The first-order valence-electron chi connectivity index (χ1n) is 8.79. The molecule has 2 aromatic rings. The Balaban J connectivity index is 1.67. The zero-order chi connectivity index (χ0) is 18.4. The van der Waals surface area contributed by atoms with Crippen LogP contribution in [0.2, 0.25) is 0 Å². The molecule has 1 saturated carbocycles. The molecule has 26 heavy (non-hydrogen) atoms. The predicted octanol–water partition coefficient (Wildman–Crippen LogP) is 2.93. The molecule has 1 fully saturated rings.